The van der Waals surface area contributed by atoms with Gasteiger partial charge in [0.1, 0.15) is 5.75 Å². The molecule has 160 valence electrons. The van der Waals surface area contributed by atoms with E-state index in [1.54, 1.807) is 6.07 Å². The normalized spacial score (nSPS) is 17.2. The van der Waals surface area contributed by atoms with Crippen LogP contribution in [0.5, 0.6) is 5.75 Å². The molecule has 4 rings (SSSR count). The molecule has 1 saturated heterocycles. The van der Waals surface area contributed by atoms with Gasteiger partial charge in [0.05, 0.1) is 17.6 Å². The van der Waals surface area contributed by atoms with Crippen molar-refractivity contribution in [2.45, 2.75) is 49.8 Å². The molecule has 0 spiro atoms. The van der Waals surface area contributed by atoms with Crippen LogP contribution in [-0.2, 0) is 22.9 Å². The van der Waals surface area contributed by atoms with Gasteiger partial charge >= 0.3 is 0 Å². The quantitative estimate of drug-likeness (QED) is 0.781. The third-order valence-electron chi connectivity index (χ3n) is 5.97. The maximum Gasteiger partial charge on any atom is 0.259 e. The largest absolute Gasteiger partial charge is 0.496 e. The summed E-state index contributed by atoms with van der Waals surface area (Å²) in [5.74, 6) is -0.0267. The van der Waals surface area contributed by atoms with Gasteiger partial charge in [-0.15, -0.1) is 0 Å². The second-order valence-corrected chi connectivity index (χ2v) is 9.91. The van der Waals surface area contributed by atoms with Crippen molar-refractivity contribution in [3.63, 3.8) is 0 Å². The molecule has 1 aliphatic carbocycles. The van der Waals surface area contributed by atoms with Crippen molar-refractivity contribution in [1.82, 2.24) is 4.31 Å². The third kappa shape index (κ3) is 4.23. The van der Waals surface area contributed by atoms with Gasteiger partial charge in [-0.3, -0.25) is 4.79 Å². The zero-order chi connectivity index (χ0) is 21.1. The summed E-state index contributed by atoms with van der Waals surface area (Å²) >= 11 is 0. The van der Waals surface area contributed by atoms with E-state index in [-0.39, 0.29) is 16.4 Å². The van der Waals surface area contributed by atoms with E-state index >= 15 is 0 Å². The summed E-state index contributed by atoms with van der Waals surface area (Å²) in [6.45, 7) is 1.04. The molecule has 0 bridgehead atoms. The van der Waals surface area contributed by atoms with E-state index in [0.717, 1.165) is 44.9 Å². The number of nitrogens with zero attached hydrogens (tertiary/aromatic N) is 1. The zero-order valence-corrected chi connectivity index (χ0v) is 18.1. The van der Waals surface area contributed by atoms with Crippen LogP contribution in [0.25, 0.3) is 0 Å². The van der Waals surface area contributed by atoms with Crippen LogP contribution in [0, 0.1) is 0 Å². The van der Waals surface area contributed by atoms with Gasteiger partial charge in [0, 0.05) is 18.8 Å². The van der Waals surface area contributed by atoms with Gasteiger partial charge < -0.3 is 10.1 Å². The predicted molar refractivity (Wildman–Crippen MR) is 117 cm³/mol. The standard InChI is InChI=1S/C23H28N2O4S/c1-29-22-12-11-20(30(27,28)25-13-4-2-3-5-14-25)16-21(22)23(26)24-19-10-9-17-7-6-8-18(17)15-19/h9-12,15-16H,2-8,13-14H2,1H3,(H,24,26). The van der Waals surface area contributed by atoms with Gasteiger partial charge in [-0.1, -0.05) is 18.9 Å². The van der Waals surface area contributed by atoms with Crippen molar-refractivity contribution in [2.24, 2.45) is 0 Å². The highest BCUT2D eigenvalue weighted by atomic mass is 32.2. The zero-order valence-electron chi connectivity index (χ0n) is 17.3. The molecule has 0 unspecified atom stereocenters. The number of hydrogen-bond acceptors (Lipinski definition) is 4. The van der Waals surface area contributed by atoms with Gasteiger partial charge in [-0.05, 0) is 73.6 Å². The first kappa shape index (κ1) is 20.9. The summed E-state index contributed by atoms with van der Waals surface area (Å²) in [5.41, 5.74) is 3.52. The monoisotopic (exact) mass is 428 g/mol. The highest BCUT2D eigenvalue weighted by Gasteiger charge is 2.27. The number of methoxy groups -OCH3 is 1. The number of sulfonamides is 1. The van der Waals surface area contributed by atoms with Gasteiger partial charge in [0.15, 0.2) is 0 Å². The number of nitrogens with one attached hydrogen (secondary N) is 1. The van der Waals surface area contributed by atoms with Crippen molar-refractivity contribution in [3.8, 4) is 5.75 Å². The van der Waals surface area contributed by atoms with E-state index < -0.39 is 10.0 Å². The van der Waals surface area contributed by atoms with Crippen LogP contribution in [0.1, 0.15) is 53.6 Å². The highest BCUT2D eigenvalue weighted by molar-refractivity contribution is 7.89. The van der Waals surface area contributed by atoms with Crippen LogP contribution in [0.2, 0.25) is 0 Å². The topological polar surface area (TPSA) is 75.7 Å². The lowest BCUT2D eigenvalue weighted by Gasteiger charge is -2.20. The number of hydrogen-bond donors (Lipinski definition) is 1. The van der Waals surface area contributed by atoms with E-state index in [9.17, 15) is 13.2 Å². The van der Waals surface area contributed by atoms with Crippen LogP contribution in [-0.4, -0.2) is 38.8 Å². The summed E-state index contributed by atoms with van der Waals surface area (Å²) in [4.78, 5) is 13.1. The van der Waals surface area contributed by atoms with Crippen LogP contribution < -0.4 is 10.1 Å². The molecule has 0 saturated carbocycles. The van der Waals surface area contributed by atoms with E-state index in [0.29, 0.717) is 24.5 Å². The maximum atomic E-state index is 13.2. The number of benzene rings is 2. The Morgan fingerprint density at radius 2 is 1.67 bits per heavy atom. The molecule has 1 fully saturated rings. The minimum Gasteiger partial charge on any atom is -0.496 e. The van der Waals surface area contributed by atoms with E-state index in [1.807, 2.05) is 12.1 Å². The van der Waals surface area contributed by atoms with Crippen molar-refractivity contribution in [3.05, 3.63) is 53.1 Å². The number of aryl methyl sites for hydroxylation is 2. The first-order valence-electron chi connectivity index (χ1n) is 10.6. The van der Waals surface area contributed by atoms with E-state index in [4.69, 9.17) is 4.74 Å². The lowest BCUT2D eigenvalue weighted by molar-refractivity contribution is 0.102. The molecule has 0 aromatic heterocycles. The van der Waals surface area contributed by atoms with Crippen molar-refractivity contribution >= 4 is 21.6 Å². The SMILES string of the molecule is COc1ccc(S(=O)(=O)N2CCCCCC2)cc1C(=O)Nc1ccc2c(c1)CCC2. The summed E-state index contributed by atoms with van der Waals surface area (Å²) in [7, 11) is -2.17. The molecule has 1 aliphatic heterocycles. The van der Waals surface area contributed by atoms with Crippen molar-refractivity contribution in [1.29, 1.82) is 0 Å². The Hall–Kier alpha value is -2.38. The molecule has 30 heavy (non-hydrogen) atoms. The molecular weight excluding hydrogens is 400 g/mol. The minimum atomic E-state index is -3.65. The first-order chi connectivity index (χ1) is 14.5. The summed E-state index contributed by atoms with van der Waals surface area (Å²) < 4.78 is 33.2. The van der Waals surface area contributed by atoms with Gasteiger partial charge in [0.2, 0.25) is 10.0 Å². The summed E-state index contributed by atoms with van der Waals surface area (Å²) in [6.07, 6.45) is 7.05. The molecule has 6 nitrogen and oxygen atoms in total. The number of ether oxygens (including phenoxy) is 1. The smallest absolute Gasteiger partial charge is 0.259 e. The maximum absolute atomic E-state index is 13.2. The second kappa shape index (κ2) is 8.78. The molecule has 2 aliphatic rings. The van der Waals surface area contributed by atoms with Crippen LogP contribution in [0.15, 0.2) is 41.3 Å². The van der Waals surface area contributed by atoms with Crippen LogP contribution in [0.3, 0.4) is 0 Å². The van der Waals surface area contributed by atoms with Gasteiger partial charge in [0.25, 0.3) is 5.91 Å². The van der Waals surface area contributed by atoms with Gasteiger partial charge in [-0.2, -0.15) is 4.31 Å². The Morgan fingerprint density at radius 1 is 0.933 bits per heavy atom. The average molecular weight is 429 g/mol. The summed E-state index contributed by atoms with van der Waals surface area (Å²) in [5, 5.41) is 2.90. The third-order valence-corrected chi connectivity index (χ3v) is 7.87. The number of amides is 1. The highest BCUT2D eigenvalue weighted by Crippen LogP contribution is 2.28. The molecule has 1 N–H and O–H groups in total. The van der Waals surface area contributed by atoms with E-state index in [1.165, 1.54) is 34.7 Å². The summed E-state index contributed by atoms with van der Waals surface area (Å²) in [6, 6.07) is 10.5. The molecule has 7 heteroatoms. The van der Waals surface area contributed by atoms with Crippen molar-refractivity contribution in [2.75, 3.05) is 25.5 Å². The molecule has 2 aromatic carbocycles. The first-order valence-corrected chi connectivity index (χ1v) is 12.0. The van der Waals surface area contributed by atoms with E-state index in [2.05, 4.69) is 11.4 Å². The lowest BCUT2D eigenvalue weighted by atomic mass is 10.1. The predicted octanol–water partition coefficient (Wildman–Crippen LogP) is 4.00. The molecule has 1 heterocycles. The fraction of sp³-hybridized carbons (Fsp3) is 0.435. The Bertz CT molecular complexity index is 1040. The number of carbonyl (C=O) groups is 1. The lowest BCUT2D eigenvalue weighted by Crippen LogP contribution is -2.32. The fourth-order valence-electron chi connectivity index (χ4n) is 4.30. The Balaban J connectivity index is 1.61. The molecular formula is C23H28N2O4S. The van der Waals surface area contributed by atoms with Crippen LogP contribution >= 0.6 is 0 Å². The molecule has 1 amide bonds. The number of anilines is 1. The minimum absolute atomic E-state index is 0.129. The van der Waals surface area contributed by atoms with Gasteiger partial charge in [-0.25, -0.2) is 8.42 Å². The molecule has 2 aromatic rings. The Labute approximate surface area is 178 Å². The number of rotatable bonds is 5. The molecule has 0 radical (unpaired) electrons. The number of carbonyl (C=O) groups excluding carboxylic acids is 1. The Kier molecular flexibility index (Phi) is 6.11. The van der Waals surface area contributed by atoms with Crippen molar-refractivity contribution < 1.29 is 17.9 Å². The molecule has 0 atom stereocenters. The number of fused-ring (bicyclic) bond motifs is 1. The Morgan fingerprint density at radius 3 is 2.40 bits per heavy atom. The fourth-order valence-corrected chi connectivity index (χ4v) is 5.85. The average Bonchev–Trinajstić information content (AvgIpc) is 3.03. The second-order valence-electron chi connectivity index (χ2n) is 7.97. The van der Waals surface area contributed by atoms with Crippen LogP contribution in [0.4, 0.5) is 5.69 Å².